The standard InChI is InChI=1S/C21H16BrNO2/c22-17-10-6-7-15(13-17)14-20(24)23-19-12-5-4-11-18(19)21(25)16-8-2-1-3-9-16/h1-13H,14H2,(H,23,24). The maximum Gasteiger partial charge on any atom is 0.228 e. The third-order valence-electron chi connectivity index (χ3n) is 3.74. The Morgan fingerprint density at radius 2 is 1.56 bits per heavy atom. The monoisotopic (exact) mass is 393 g/mol. The van der Waals surface area contributed by atoms with E-state index in [2.05, 4.69) is 21.2 Å². The number of halogens is 1. The van der Waals surface area contributed by atoms with Crippen molar-refractivity contribution < 1.29 is 9.59 Å². The molecule has 0 radical (unpaired) electrons. The maximum atomic E-state index is 12.7. The van der Waals surface area contributed by atoms with Crippen molar-refractivity contribution in [2.24, 2.45) is 0 Å². The van der Waals surface area contributed by atoms with Gasteiger partial charge in [0.05, 0.1) is 12.1 Å². The lowest BCUT2D eigenvalue weighted by molar-refractivity contribution is -0.115. The van der Waals surface area contributed by atoms with Crippen molar-refractivity contribution in [3.8, 4) is 0 Å². The molecule has 0 fully saturated rings. The van der Waals surface area contributed by atoms with E-state index in [0.717, 1.165) is 10.0 Å². The van der Waals surface area contributed by atoms with Gasteiger partial charge in [-0.2, -0.15) is 0 Å². The minimum atomic E-state index is -0.161. The Bertz CT molecular complexity index is 907. The van der Waals surface area contributed by atoms with E-state index in [4.69, 9.17) is 0 Å². The van der Waals surface area contributed by atoms with E-state index >= 15 is 0 Å². The van der Waals surface area contributed by atoms with Crippen LogP contribution >= 0.6 is 15.9 Å². The number of hydrogen-bond donors (Lipinski definition) is 1. The summed E-state index contributed by atoms with van der Waals surface area (Å²) in [6.07, 6.45) is 0.243. The molecule has 0 saturated heterocycles. The summed E-state index contributed by atoms with van der Waals surface area (Å²) >= 11 is 3.40. The summed E-state index contributed by atoms with van der Waals surface area (Å²) in [5.41, 5.74) is 2.50. The first-order valence-electron chi connectivity index (χ1n) is 7.86. The summed E-state index contributed by atoms with van der Waals surface area (Å²) in [4.78, 5) is 25.1. The Hall–Kier alpha value is -2.72. The molecule has 0 aliphatic heterocycles. The van der Waals surface area contributed by atoms with Crippen molar-refractivity contribution >= 4 is 33.3 Å². The number of nitrogens with one attached hydrogen (secondary N) is 1. The molecule has 0 saturated carbocycles. The number of para-hydroxylation sites is 1. The first-order chi connectivity index (χ1) is 12.1. The molecule has 4 heteroatoms. The Kier molecular flexibility index (Phi) is 5.41. The second-order valence-corrected chi connectivity index (χ2v) is 6.51. The number of ketones is 1. The van der Waals surface area contributed by atoms with Gasteiger partial charge in [0.15, 0.2) is 5.78 Å². The summed E-state index contributed by atoms with van der Waals surface area (Å²) in [5.74, 6) is -0.273. The fraction of sp³-hybridized carbons (Fsp3) is 0.0476. The van der Waals surface area contributed by atoms with Crippen molar-refractivity contribution in [1.82, 2.24) is 0 Å². The average molecular weight is 394 g/mol. The van der Waals surface area contributed by atoms with Gasteiger partial charge < -0.3 is 5.32 Å². The lowest BCUT2D eigenvalue weighted by Gasteiger charge is -2.11. The molecule has 3 aromatic carbocycles. The van der Waals surface area contributed by atoms with Crippen LogP contribution < -0.4 is 5.32 Å². The number of benzene rings is 3. The highest BCUT2D eigenvalue weighted by atomic mass is 79.9. The Balaban J connectivity index is 1.79. The molecule has 1 N–H and O–H groups in total. The number of hydrogen-bond acceptors (Lipinski definition) is 2. The molecule has 25 heavy (non-hydrogen) atoms. The molecule has 0 aliphatic rings. The SMILES string of the molecule is O=C(Cc1cccc(Br)c1)Nc1ccccc1C(=O)c1ccccc1. The first kappa shape index (κ1) is 17.1. The van der Waals surface area contributed by atoms with Crippen LogP contribution in [0, 0.1) is 0 Å². The summed E-state index contributed by atoms with van der Waals surface area (Å²) < 4.78 is 0.928. The van der Waals surface area contributed by atoms with Gasteiger partial charge in [-0.1, -0.05) is 70.5 Å². The van der Waals surface area contributed by atoms with Gasteiger partial charge in [-0.25, -0.2) is 0 Å². The molecule has 0 unspecified atom stereocenters. The molecule has 3 rings (SSSR count). The molecule has 0 aromatic heterocycles. The molecule has 0 heterocycles. The number of rotatable bonds is 5. The molecule has 0 spiro atoms. The van der Waals surface area contributed by atoms with Crippen LogP contribution in [0.5, 0.6) is 0 Å². The first-order valence-corrected chi connectivity index (χ1v) is 8.66. The van der Waals surface area contributed by atoms with Crippen molar-refractivity contribution in [1.29, 1.82) is 0 Å². The molecule has 3 nitrogen and oxygen atoms in total. The molecule has 0 aliphatic carbocycles. The van der Waals surface area contributed by atoms with Gasteiger partial charge in [-0.05, 0) is 29.8 Å². The summed E-state index contributed by atoms with van der Waals surface area (Å²) in [6.45, 7) is 0. The van der Waals surface area contributed by atoms with Gasteiger partial charge >= 0.3 is 0 Å². The number of amides is 1. The molecular weight excluding hydrogens is 378 g/mol. The van der Waals surface area contributed by atoms with E-state index in [9.17, 15) is 9.59 Å². The minimum Gasteiger partial charge on any atom is -0.325 e. The maximum absolute atomic E-state index is 12.7. The van der Waals surface area contributed by atoms with E-state index in [-0.39, 0.29) is 18.1 Å². The van der Waals surface area contributed by atoms with Gasteiger partial charge in [0.25, 0.3) is 0 Å². The van der Waals surface area contributed by atoms with E-state index in [1.807, 2.05) is 42.5 Å². The van der Waals surface area contributed by atoms with Crippen LogP contribution in [0.4, 0.5) is 5.69 Å². The second-order valence-electron chi connectivity index (χ2n) is 5.60. The second kappa shape index (κ2) is 7.90. The number of anilines is 1. The van der Waals surface area contributed by atoms with Gasteiger partial charge in [0.1, 0.15) is 0 Å². The van der Waals surface area contributed by atoms with Crippen LogP contribution in [-0.4, -0.2) is 11.7 Å². The van der Waals surface area contributed by atoms with Crippen molar-refractivity contribution in [2.45, 2.75) is 6.42 Å². The van der Waals surface area contributed by atoms with Crippen LogP contribution in [0.1, 0.15) is 21.5 Å². The van der Waals surface area contributed by atoms with E-state index in [1.165, 1.54) is 0 Å². The Morgan fingerprint density at radius 3 is 2.32 bits per heavy atom. The normalized spacial score (nSPS) is 10.3. The molecule has 3 aromatic rings. The van der Waals surface area contributed by atoms with Crippen LogP contribution in [0.25, 0.3) is 0 Å². The number of carbonyl (C=O) groups is 2. The summed E-state index contributed by atoms with van der Waals surface area (Å²) in [7, 11) is 0. The van der Waals surface area contributed by atoms with Crippen LogP contribution in [0.3, 0.4) is 0 Å². The van der Waals surface area contributed by atoms with Crippen LogP contribution in [0.2, 0.25) is 0 Å². The predicted octanol–water partition coefficient (Wildman–Crippen LogP) is 4.86. The Morgan fingerprint density at radius 1 is 0.840 bits per heavy atom. The highest BCUT2D eigenvalue weighted by Crippen LogP contribution is 2.20. The lowest BCUT2D eigenvalue weighted by atomic mass is 10.0. The molecule has 1 amide bonds. The lowest BCUT2D eigenvalue weighted by Crippen LogP contribution is -2.17. The van der Waals surface area contributed by atoms with Crippen LogP contribution in [0.15, 0.2) is 83.3 Å². The smallest absolute Gasteiger partial charge is 0.228 e. The third-order valence-corrected chi connectivity index (χ3v) is 4.23. The van der Waals surface area contributed by atoms with Gasteiger partial charge in [-0.15, -0.1) is 0 Å². The highest BCUT2D eigenvalue weighted by molar-refractivity contribution is 9.10. The van der Waals surface area contributed by atoms with E-state index < -0.39 is 0 Å². The predicted molar refractivity (Wildman–Crippen MR) is 103 cm³/mol. The third kappa shape index (κ3) is 4.43. The highest BCUT2D eigenvalue weighted by Gasteiger charge is 2.14. The fourth-order valence-corrected chi connectivity index (χ4v) is 3.01. The van der Waals surface area contributed by atoms with Crippen molar-refractivity contribution in [2.75, 3.05) is 5.32 Å². The molecule has 0 atom stereocenters. The average Bonchev–Trinajstić information content (AvgIpc) is 2.62. The molecular formula is C21H16BrNO2. The zero-order valence-electron chi connectivity index (χ0n) is 13.4. The van der Waals surface area contributed by atoms with E-state index in [1.54, 1.807) is 36.4 Å². The zero-order chi connectivity index (χ0) is 17.6. The topological polar surface area (TPSA) is 46.2 Å². The zero-order valence-corrected chi connectivity index (χ0v) is 15.0. The molecule has 0 bridgehead atoms. The summed E-state index contributed by atoms with van der Waals surface area (Å²) in [6, 6.07) is 23.7. The van der Waals surface area contributed by atoms with Crippen molar-refractivity contribution in [3.05, 3.63) is 100 Å². The van der Waals surface area contributed by atoms with Gasteiger partial charge in [0, 0.05) is 15.6 Å². The van der Waals surface area contributed by atoms with Gasteiger partial charge in [-0.3, -0.25) is 9.59 Å². The van der Waals surface area contributed by atoms with Crippen molar-refractivity contribution in [3.63, 3.8) is 0 Å². The van der Waals surface area contributed by atoms with E-state index in [0.29, 0.717) is 16.8 Å². The quantitative estimate of drug-likeness (QED) is 0.629. The fourth-order valence-electron chi connectivity index (χ4n) is 2.56. The minimum absolute atomic E-state index is 0.112. The van der Waals surface area contributed by atoms with Crippen LogP contribution in [-0.2, 0) is 11.2 Å². The Labute approximate surface area is 154 Å². The molecule has 124 valence electrons. The van der Waals surface area contributed by atoms with Gasteiger partial charge in [0.2, 0.25) is 5.91 Å². The largest absolute Gasteiger partial charge is 0.325 e. The summed E-state index contributed by atoms with van der Waals surface area (Å²) in [5, 5.41) is 2.85. The number of carbonyl (C=O) groups excluding carboxylic acids is 2.